The Bertz CT molecular complexity index is 679. The first kappa shape index (κ1) is 19.0. The van der Waals surface area contributed by atoms with Crippen LogP contribution in [0.5, 0.6) is 0 Å². The number of aryl methyl sites for hydroxylation is 2. The van der Waals surface area contributed by atoms with Crippen LogP contribution in [-0.2, 0) is 11.2 Å². The Kier molecular flexibility index (Phi) is 7.52. The molecule has 2 nitrogen and oxygen atoms in total. The molecule has 0 amide bonds. The Hall–Kier alpha value is -2.29. The van der Waals surface area contributed by atoms with E-state index in [2.05, 4.69) is 43.4 Å². The van der Waals surface area contributed by atoms with E-state index < -0.39 is 0 Å². The van der Waals surface area contributed by atoms with E-state index in [0.717, 1.165) is 37.3 Å². The van der Waals surface area contributed by atoms with E-state index in [1.807, 2.05) is 25.3 Å². The van der Waals surface area contributed by atoms with Gasteiger partial charge in [-0.25, -0.2) is 4.39 Å². The van der Waals surface area contributed by atoms with Crippen LogP contribution in [0.15, 0.2) is 60.5 Å². The minimum Gasteiger partial charge on any atom is -0.494 e. The average Bonchev–Trinajstić information content (AvgIpc) is 2.65. The lowest BCUT2D eigenvalue weighted by Gasteiger charge is -2.21. The van der Waals surface area contributed by atoms with Crippen LogP contribution in [0.3, 0.4) is 0 Å². The van der Waals surface area contributed by atoms with Crippen molar-refractivity contribution in [1.29, 1.82) is 0 Å². The molecule has 1 unspecified atom stereocenters. The standard InChI is InChI=1S/C13H17NO.C9H11F/c1-10-3-5-12(6-4-10)11(2)13-9-14-7-8-15-13;1-2-5-8-6-3-4-7-9(8)10/h3-6,9,11,14H,7-8H2,1-2H3;3-4,6-7H,2,5H2,1H3. The van der Waals surface area contributed by atoms with Crippen LogP contribution in [0.4, 0.5) is 4.39 Å². The van der Waals surface area contributed by atoms with E-state index in [0.29, 0.717) is 5.92 Å². The fraction of sp³-hybridized carbons (Fsp3) is 0.364. The first-order valence-electron chi connectivity index (χ1n) is 8.98. The van der Waals surface area contributed by atoms with Gasteiger partial charge in [-0.15, -0.1) is 0 Å². The van der Waals surface area contributed by atoms with Gasteiger partial charge in [-0.3, -0.25) is 0 Å². The lowest BCUT2D eigenvalue weighted by Crippen LogP contribution is -2.22. The molecule has 0 bridgehead atoms. The molecule has 2 aromatic carbocycles. The molecule has 1 aliphatic heterocycles. The van der Waals surface area contributed by atoms with E-state index in [1.54, 1.807) is 6.07 Å². The summed E-state index contributed by atoms with van der Waals surface area (Å²) in [5.74, 6) is 1.29. The van der Waals surface area contributed by atoms with Crippen LogP contribution < -0.4 is 5.32 Å². The number of allylic oxidation sites excluding steroid dienone is 1. The first-order chi connectivity index (χ1) is 12.1. The summed E-state index contributed by atoms with van der Waals surface area (Å²) in [4.78, 5) is 0. The van der Waals surface area contributed by atoms with Crippen LogP contribution in [0.1, 0.15) is 42.9 Å². The number of halogens is 1. The third-order valence-corrected chi connectivity index (χ3v) is 4.24. The summed E-state index contributed by atoms with van der Waals surface area (Å²) < 4.78 is 18.4. The fourth-order valence-corrected chi connectivity index (χ4v) is 2.68. The lowest BCUT2D eigenvalue weighted by molar-refractivity contribution is 0.182. The Morgan fingerprint density at radius 2 is 1.84 bits per heavy atom. The number of hydrogen-bond acceptors (Lipinski definition) is 2. The Labute approximate surface area is 150 Å². The molecule has 0 saturated heterocycles. The van der Waals surface area contributed by atoms with Gasteiger partial charge in [0.15, 0.2) is 0 Å². The van der Waals surface area contributed by atoms with Gasteiger partial charge < -0.3 is 10.1 Å². The SMILES string of the molecule is CCCc1ccccc1F.Cc1ccc(C(C)C2=CNCCO2)cc1. The molecule has 0 radical (unpaired) electrons. The topological polar surface area (TPSA) is 21.3 Å². The summed E-state index contributed by atoms with van der Waals surface area (Å²) in [7, 11) is 0. The zero-order valence-electron chi connectivity index (χ0n) is 15.4. The maximum atomic E-state index is 12.8. The number of rotatable bonds is 4. The van der Waals surface area contributed by atoms with Gasteiger partial charge in [0.25, 0.3) is 0 Å². The molecule has 2 aromatic rings. The molecule has 1 N–H and O–H groups in total. The van der Waals surface area contributed by atoms with Crippen molar-refractivity contribution in [2.45, 2.75) is 39.5 Å². The Morgan fingerprint density at radius 1 is 1.12 bits per heavy atom. The van der Waals surface area contributed by atoms with Crippen molar-refractivity contribution in [2.24, 2.45) is 0 Å². The summed E-state index contributed by atoms with van der Waals surface area (Å²) in [5.41, 5.74) is 3.42. The van der Waals surface area contributed by atoms with Gasteiger partial charge in [0.2, 0.25) is 0 Å². The Morgan fingerprint density at radius 3 is 2.44 bits per heavy atom. The van der Waals surface area contributed by atoms with E-state index in [1.165, 1.54) is 17.2 Å². The highest BCUT2D eigenvalue weighted by atomic mass is 19.1. The summed E-state index contributed by atoms with van der Waals surface area (Å²) in [5, 5.41) is 3.21. The molecular formula is C22H28FNO. The zero-order chi connectivity index (χ0) is 18.1. The quantitative estimate of drug-likeness (QED) is 0.811. The largest absolute Gasteiger partial charge is 0.494 e. The summed E-state index contributed by atoms with van der Waals surface area (Å²) in [6.07, 6.45) is 3.82. The van der Waals surface area contributed by atoms with Gasteiger partial charge in [0, 0.05) is 18.7 Å². The number of nitrogens with one attached hydrogen (secondary N) is 1. The van der Waals surface area contributed by atoms with Crippen molar-refractivity contribution in [3.05, 3.63) is 83.0 Å². The highest BCUT2D eigenvalue weighted by molar-refractivity contribution is 5.28. The minimum atomic E-state index is -0.0793. The molecule has 0 saturated carbocycles. The van der Waals surface area contributed by atoms with Crippen molar-refractivity contribution in [3.8, 4) is 0 Å². The maximum absolute atomic E-state index is 12.8. The first-order valence-corrected chi connectivity index (χ1v) is 8.98. The van der Waals surface area contributed by atoms with Crippen LogP contribution in [0, 0.1) is 12.7 Å². The third-order valence-electron chi connectivity index (χ3n) is 4.24. The Balaban J connectivity index is 0.000000196. The number of benzene rings is 2. The van der Waals surface area contributed by atoms with E-state index in [-0.39, 0.29) is 5.82 Å². The van der Waals surface area contributed by atoms with Crippen LogP contribution in [-0.4, -0.2) is 13.2 Å². The van der Waals surface area contributed by atoms with E-state index >= 15 is 0 Å². The number of hydrogen-bond donors (Lipinski definition) is 1. The molecule has 1 aliphatic rings. The van der Waals surface area contributed by atoms with Gasteiger partial charge in [-0.1, -0.05) is 68.3 Å². The molecule has 3 heteroatoms. The molecule has 0 aromatic heterocycles. The molecule has 1 atom stereocenters. The predicted octanol–water partition coefficient (Wildman–Crippen LogP) is 5.34. The van der Waals surface area contributed by atoms with Crippen molar-refractivity contribution in [1.82, 2.24) is 5.32 Å². The monoisotopic (exact) mass is 341 g/mol. The van der Waals surface area contributed by atoms with Crippen LogP contribution in [0.25, 0.3) is 0 Å². The summed E-state index contributed by atoms with van der Waals surface area (Å²) in [6, 6.07) is 15.5. The van der Waals surface area contributed by atoms with Crippen molar-refractivity contribution >= 4 is 0 Å². The van der Waals surface area contributed by atoms with Gasteiger partial charge in [0.05, 0.1) is 0 Å². The second-order valence-electron chi connectivity index (χ2n) is 6.32. The van der Waals surface area contributed by atoms with Gasteiger partial charge in [0.1, 0.15) is 18.2 Å². The van der Waals surface area contributed by atoms with Crippen LogP contribution in [0.2, 0.25) is 0 Å². The number of ether oxygens (including phenoxy) is 1. The van der Waals surface area contributed by atoms with Crippen molar-refractivity contribution in [2.75, 3.05) is 13.2 Å². The predicted molar refractivity (Wildman–Crippen MR) is 102 cm³/mol. The smallest absolute Gasteiger partial charge is 0.126 e. The second kappa shape index (κ2) is 9.87. The third kappa shape index (κ3) is 5.93. The zero-order valence-corrected chi connectivity index (χ0v) is 15.4. The molecule has 1 heterocycles. The van der Waals surface area contributed by atoms with Gasteiger partial charge >= 0.3 is 0 Å². The van der Waals surface area contributed by atoms with Crippen molar-refractivity contribution < 1.29 is 9.13 Å². The molecule has 25 heavy (non-hydrogen) atoms. The summed E-state index contributed by atoms with van der Waals surface area (Å²) in [6.45, 7) is 7.99. The summed E-state index contributed by atoms with van der Waals surface area (Å²) >= 11 is 0. The van der Waals surface area contributed by atoms with Gasteiger partial charge in [-0.05, 0) is 30.5 Å². The normalized spacial score (nSPS) is 14.3. The molecule has 0 fully saturated rings. The molecule has 0 spiro atoms. The molecule has 3 rings (SSSR count). The van der Waals surface area contributed by atoms with Crippen LogP contribution >= 0.6 is 0 Å². The van der Waals surface area contributed by atoms with Gasteiger partial charge in [-0.2, -0.15) is 0 Å². The molecule has 134 valence electrons. The second-order valence-corrected chi connectivity index (χ2v) is 6.32. The van der Waals surface area contributed by atoms with Crippen molar-refractivity contribution in [3.63, 3.8) is 0 Å². The maximum Gasteiger partial charge on any atom is 0.126 e. The molecule has 0 aliphatic carbocycles. The average molecular weight is 341 g/mol. The fourth-order valence-electron chi connectivity index (χ4n) is 2.68. The molecular weight excluding hydrogens is 313 g/mol. The lowest BCUT2D eigenvalue weighted by atomic mass is 9.98. The highest BCUT2D eigenvalue weighted by Gasteiger charge is 2.14. The van der Waals surface area contributed by atoms with E-state index in [9.17, 15) is 4.39 Å². The minimum absolute atomic E-state index is 0.0793. The highest BCUT2D eigenvalue weighted by Crippen LogP contribution is 2.25. The van der Waals surface area contributed by atoms with E-state index in [4.69, 9.17) is 4.74 Å².